The third-order valence-electron chi connectivity index (χ3n) is 3.58. The van der Waals surface area contributed by atoms with Crippen molar-refractivity contribution in [3.8, 4) is 0 Å². The van der Waals surface area contributed by atoms with Gasteiger partial charge in [0.25, 0.3) is 0 Å². The molecule has 0 fully saturated rings. The van der Waals surface area contributed by atoms with E-state index in [2.05, 4.69) is 33.8 Å². The molecule has 76 valence electrons. The molecule has 0 atom stereocenters. The maximum atomic E-state index is 6.27. The number of halogens is 1. The lowest BCUT2D eigenvalue weighted by molar-refractivity contribution is 0.519. The quantitative estimate of drug-likeness (QED) is 0.600. The summed E-state index contributed by atoms with van der Waals surface area (Å²) >= 11 is 6.27. The molecule has 0 radical (unpaired) electrons. The number of aryl methyl sites for hydroxylation is 1. The largest absolute Gasteiger partial charge is 0.0840 e. The fourth-order valence-corrected chi connectivity index (χ4v) is 3.00. The Balaban J connectivity index is 2.75. The molecule has 0 aromatic heterocycles. The smallest absolute Gasteiger partial charge is 0.0443 e. The summed E-state index contributed by atoms with van der Waals surface area (Å²) in [4.78, 5) is 0. The molecule has 2 rings (SSSR count). The highest BCUT2D eigenvalue weighted by atomic mass is 35.5. The van der Waals surface area contributed by atoms with Crippen LogP contribution in [-0.2, 0) is 11.8 Å². The summed E-state index contributed by atoms with van der Waals surface area (Å²) in [6.07, 6.45) is 2.37. The van der Waals surface area contributed by atoms with E-state index in [-0.39, 0.29) is 0 Å². The first-order chi connectivity index (χ1) is 6.43. The molecule has 1 heteroatoms. The van der Waals surface area contributed by atoms with Gasteiger partial charge in [0.2, 0.25) is 0 Å². The molecule has 0 amide bonds. The molecule has 0 spiro atoms. The summed E-state index contributed by atoms with van der Waals surface area (Å²) in [7, 11) is 0. The fourth-order valence-electron chi connectivity index (χ4n) is 2.65. The van der Waals surface area contributed by atoms with E-state index >= 15 is 0 Å². The first-order valence-corrected chi connectivity index (χ1v) is 5.60. The van der Waals surface area contributed by atoms with Crippen molar-refractivity contribution >= 4 is 11.6 Å². The summed E-state index contributed by atoms with van der Waals surface area (Å²) in [5.74, 6) is 0. The predicted molar refractivity (Wildman–Crippen MR) is 62.3 cm³/mol. The Morgan fingerprint density at radius 1 is 1.29 bits per heavy atom. The van der Waals surface area contributed by atoms with Crippen molar-refractivity contribution in [2.75, 3.05) is 0 Å². The van der Waals surface area contributed by atoms with Crippen LogP contribution in [0.25, 0.3) is 0 Å². The minimum atomic E-state index is 0.315. The summed E-state index contributed by atoms with van der Waals surface area (Å²) in [5.41, 5.74) is 5.97. The highest BCUT2D eigenvalue weighted by molar-refractivity contribution is 6.31. The lowest BCUT2D eigenvalue weighted by Crippen LogP contribution is -2.14. The minimum absolute atomic E-state index is 0.315. The van der Waals surface area contributed by atoms with E-state index in [0.717, 1.165) is 11.4 Å². The molecule has 0 aliphatic heterocycles. The molecule has 0 heterocycles. The van der Waals surface area contributed by atoms with Crippen LogP contribution in [0.15, 0.2) is 6.07 Å². The van der Waals surface area contributed by atoms with Crippen molar-refractivity contribution in [2.24, 2.45) is 0 Å². The maximum absolute atomic E-state index is 6.27. The Hall–Kier alpha value is -0.490. The van der Waals surface area contributed by atoms with Gasteiger partial charge in [0, 0.05) is 5.02 Å². The Kier molecular flexibility index (Phi) is 2.15. The molecule has 1 aromatic carbocycles. The van der Waals surface area contributed by atoms with Crippen molar-refractivity contribution in [3.05, 3.63) is 33.3 Å². The summed E-state index contributed by atoms with van der Waals surface area (Å²) in [6, 6.07) is 2.11. The van der Waals surface area contributed by atoms with E-state index < -0.39 is 0 Å². The number of fused-ring (bicyclic) bond motifs is 1. The molecular weight excluding hydrogens is 192 g/mol. The van der Waals surface area contributed by atoms with Gasteiger partial charge in [0.05, 0.1) is 0 Å². The third-order valence-corrected chi connectivity index (χ3v) is 3.91. The molecule has 0 unspecified atom stereocenters. The third kappa shape index (κ3) is 1.28. The van der Waals surface area contributed by atoms with Crippen LogP contribution in [0.2, 0.25) is 5.02 Å². The van der Waals surface area contributed by atoms with E-state index in [4.69, 9.17) is 11.6 Å². The van der Waals surface area contributed by atoms with Gasteiger partial charge in [-0.1, -0.05) is 25.4 Å². The van der Waals surface area contributed by atoms with Gasteiger partial charge in [0.1, 0.15) is 0 Å². The van der Waals surface area contributed by atoms with Gasteiger partial charge in [-0.25, -0.2) is 0 Å². The van der Waals surface area contributed by atoms with E-state index in [1.807, 2.05) is 0 Å². The number of rotatable bonds is 0. The maximum Gasteiger partial charge on any atom is 0.0443 e. The normalized spacial score (nSPS) is 18.4. The second-order valence-electron chi connectivity index (χ2n) is 5.04. The first kappa shape index (κ1) is 10.0. The van der Waals surface area contributed by atoms with Gasteiger partial charge in [0.15, 0.2) is 0 Å². The van der Waals surface area contributed by atoms with Gasteiger partial charge in [-0.05, 0) is 60.4 Å². The Bertz CT molecular complexity index is 389. The van der Waals surface area contributed by atoms with Crippen LogP contribution in [0.3, 0.4) is 0 Å². The van der Waals surface area contributed by atoms with E-state index in [1.54, 1.807) is 0 Å². The van der Waals surface area contributed by atoms with Crippen LogP contribution in [0.4, 0.5) is 0 Å². The SMILES string of the molecule is Cc1cc(Cl)c2c(c1C)C(C)(C)CC2. The molecule has 0 bridgehead atoms. The van der Waals surface area contributed by atoms with Crippen LogP contribution in [0.1, 0.15) is 42.5 Å². The molecule has 1 aliphatic carbocycles. The van der Waals surface area contributed by atoms with Crippen LogP contribution in [0.5, 0.6) is 0 Å². The molecular formula is C13H17Cl. The molecule has 1 aliphatic rings. The average Bonchev–Trinajstić information content (AvgIpc) is 2.38. The second-order valence-corrected chi connectivity index (χ2v) is 5.44. The second kappa shape index (κ2) is 3.00. The Labute approximate surface area is 91.3 Å². The monoisotopic (exact) mass is 208 g/mol. The number of hydrogen-bond donors (Lipinski definition) is 0. The number of benzene rings is 1. The molecule has 0 nitrogen and oxygen atoms in total. The molecule has 14 heavy (non-hydrogen) atoms. The van der Waals surface area contributed by atoms with Crippen LogP contribution in [-0.4, -0.2) is 0 Å². The summed E-state index contributed by atoms with van der Waals surface area (Å²) < 4.78 is 0. The first-order valence-electron chi connectivity index (χ1n) is 5.22. The predicted octanol–water partition coefficient (Wildman–Crippen LogP) is 4.18. The summed E-state index contributed by atoms with van der Waals surface area (Å²) in [6.45, 7) is 9.01. The topological polar surface area (TPSA) is 0 Å². The minimum Gasteiger partial charge on any atom is -0.0840 e. The van der Waals surface area contributed by atoms with Gasteiger partial charge in [-0.3, -0.25) is 0 Å². The zero-order chi connectivity index (χ0) is 10.5. The Morgan fingerprint density at radius 2 is 1.93 bits per heavy atom. The fraction of sp³-hybridized carbons (Fsp3) is 0.538. The van der Waals surface area contributed by atoms with Crippen molar-refractivity contribution in [1.29, 1.82) is 0 Å². The van der Waals surface area contributed by atoms with Gasteiger partial charge < -0.3 is 0 Å². The standard InChI is InChI=1S/C13H17Cl/c1-8-7-11(14)10-5-6-13(3,4)12(10)9(8)2/h7H,5-6H2,1-4H3. The molecule has 0 N–H and O–H groups in total. The highest BCUT2D eigenvalue weighted by Crippen LogP contribution is 2.44. The lowest BCUT2D eigenvalue weighted by atomic mass is 9.83. The summed E-state index contributed by atoms with van der Waals surface area (Å²) in [5, 5.41) is 0.966. The van der Waals surface area contributed by atoms with E-state index in [9.17, 15) is 0 Å². The Morgan fingerprint density at radius 3 is 2.57 bits per heavy atom. The molecule has 0 saturated heterocycles. The van der Waals surface area contributed by atoms with E-state index in [1.165, 1.54) is 28.7 Å². The lowest BCUT2D eigenvalue weighted by Gasteiger charge is -2.22. The number of hydrogen-bond acceptors (Lipinski definition) is 0. The van der Waals surface area contributed by atoms with Crippen LogP contribution in [0, 0.1) is 13.8 Å². The van der Waals surface area contributed by atoms with Crippen molar-refractivity contribution in [1.82, 2.24) is 0 Å². The molecule has 0 saturated carbocycles. The van der Waals surface area contributed by atoms with E-state index in [0.29, 0.717) is 5.41 Å². The zero-order valence-corrected chi connectivity index (χ0v) is 10.1. The average molecular weight is 209 g/mol. The zero-order valence-electron chi connectivity index (χ0n) is 9.37. The molecule has 1 aromatic rings. The van der Waals surface area contributed by atoms with Crippen molar-refractivity contribution < 1.29 is 0 Å². The van der Waals surface area contributed by atoms with Gasteiger partial charge in [-0.15, -0.1) is 0 Å². The highest BCUT2D eigenvalue weighted by Gasteiger charge is 2.33. The van der Waals surface area contributed by atoms with Gasteiger partial charge in [-0.2, -0.15) is 0 Å². The van der Waals surface area contributed by atoms with Crippen LogP contribution >= 0.6 is 11.6 Å². The van der Waals surface area contributed by atoms with Crippen LogP contribution < -0.4 is 0 Å². The van der Waals surface area contributed by atoms with Gasteiger partial charge >= 0.3 is 0 Å². The van der Waals surface area contributed by atoms with Crippen molar-refractivity contribution in [2.45, 2.75) is 46.0 Å². The van der Waals surface area contributed by atoms with Crippen molar-refractivity contribution in [3.63, 3.8) is 0 Å².